The first-order chi connectivity index (χ1) is 39.5. The minimum atomic E-state index is -0.515. The van der Waals surface area contributed by atoms with Crippen LogP contribution in [0.25, 0.3) is 62.0 Å². The Kier molecular flexibility index (Phi) is 20.6. The molecule has 82 heavy (non-hydrogen) atoms. The summed E-state index contributed by atoms with van der Waals surface area (Å²) in [5.41, 5.74) is 15.1. The van der Waals surface area contributed by atoms with Gasteiger partial charge < -0.3 is 15.5 Å². The number of carbonyl (C=O) groups is 2. The summed E-state index contributed by atoms with van der Waals surface area (Å²) >= 11 is 7.19. The van der Waals surface area contributed by atoms with E-state index >= 15 is 9.59 Å². The lowest BCUT2D eigenvalue weighted by Crippen LogP contribution is -2.34. The van der Waals surface area contributed by atoms with Crippen molar-refractivity contribution in [2.45, 2.75) is 215 Å². The van der Waals surface area contributed by atoms with Crippen molar-refractivity contribution in [2.75, 3.05) is 22.9 Å². The Morgan fingerprint density at radius 2 is 0.988 bits per heavy atom. The number of unbranched alkanes of at least 4 members (excludes halogenated alkanes) is 11. The highest BCUT2D eigenvalue weighted by molar-refractivity contribution is 7.31. The average molecular weight is 1170 g/mol. The zero-order valence-electron chi connectivity index (χ0n) is 51.2. The first-order valence-corrected chi connectivity index (χ1v) is 34.9. The van der Waals surface area contributed by atoms with E-state index in [9.17, 15) is 5.26 Å². The molecule has 0 bridgehead atoms. The van der Waals surface area contributed by atoms with E-state index in [1.807, 2.05) is 22.7 Å². The molecule has 7 aromatic rings. The van der Waals surface area contributed by atoms with Crippen molar-refractivity contribution in [1.82, 2.24) is 0 Å². The lowest BCUT2D eigenvalue weighted by Gasteiger charge is -2.25. The maximum atomic E-state index is 15.9. The van der Waals surface area contributed by atoms with Gasteiger partial charge in [-0.15, -0.1) is 45.3 Å². The molecule has 2 aliphatic heterocycles. The van der Waals surface area contributed by atoms with Crippen molar-refractivity contribution in [1.29, 1.82) is 5.26 Å². The van der Waals surface area contributed by atoms with Crippen LogP contribution in [0.3, 0.4) is 0 Å². The van der Waals surface area contributed by atoms with Crippen molar-refractivity contribution in [3.63, 3.8) is 0 Å². The Morgan fingerprint density at radius 3 is 1.49 bits per heavy atom. The summed E-state index contributed by atoms with van der Waals surface area (Å²) < 4.78 is 2.40. The highest BCUT2D eigenvalue weighted by Crippen LogP contribution is 2.52. The molecular formula is C72H92N4O2S4. The van der Waals surface area contributed by atoms with Gasteiger partial charge in [0.2, 0.25) is 0 Å². The number of nitrogens with zero attached hydrogens (tertiary/aromatic N) is 3. The predicted molar refractivity (Wildman–Crippen MR) is 359 cm³/mol. The SMILES string of the molecule is CCCCCCc1c(C#N)c2cc(C(C)(C)N)sc2c2sc(-c3ccc(-c4ccc5c(c4)N(CC(CCCC)CCCCCC)C(=O)C5=C4C(=O)N(CC(CCCC)CCCCCC)c5cc(-c6ccc(C(C)(C)C)s6)ccc54)s3)cc12. The first-order valence-electron chi connectivity index (χ1n) is 31.6. The first kappa shape index (κ1) is 61.7. The van der Waals surface area contributed by atoms with Gasteiger partial charge in [0.25, 0.3) is 11.8 Å². The van der Waals surface area contributed by atoms with Gasteiger partial charge in [-0.2, -0.15) is 5.26 Å². The monoisotopic (exact) mass is 1170 g/mol. The molecule has 4 aromatic heterocycles. The molecule has 2 unspecified atom stereocenters. The molecule has 0 spiro atoms. The molecule has 0 fully saturated rings. The third-order valence-corrected chi connectivity index (χ3v) is 23.0. The van der Waals surface area contributed by atoms with E-state index in [1.165, 1.54) is 92.9 Å². The number of benzene rings is 3. The summed E-state index contributed by atoms with van der Waals surface area (Å²) in [5, 5.41) is 13.0. The second kappa shape index (κ2) is 27.4. The van der Waals surface area contributed by atoms with Crippen LogP contribution in [0.4, 0.5) is 11.4 Å². The highest BCUT2D eigenvalue weighted by Gasteiger charge is 2.43. The van der Waals surface area contributed by atoms with E-state index in [0.717, 1.165) is 136 Å². The minimum Gasteiger partial charge on any atom is -0.321 e. The molecule has 2 amide bonds. The van der Waals surface area contributed by atoms with Crippen LogP contribution < -0.4 is 15.5 Å². The predicted octanol–water partition coefficient (Wildman–Crippen LogP) is 21.9. The van der Waals surface area contributed by atoms with Crippen LogP contribution in [0.5, 0.6) is 0 Å². The van der Waals surface area contributed by atoms with Crippen molar-refractivity contribution in [2.24, 2.45) is 17.6 Å². The summed E-state index contributed by atoms with van der Waals surface area (Å²) in [5.74, 6) is 0.644. The fourth-order valence-corrected chi connectivity index (χ4v) is 17.2. The van der Waals surface area contributed by atoms with Crippen LogP contribution in [0.1, 0.15) is 230 Å². The Hall–Kier alpha value is -4.89. The Morgan fingerprint density at radius 1 is 0.500 bits per heavy atom. The van der Waals surface area contributed by atoms with Crippen LogP contribution in [0.15, 0.2) is 72.8 Å². The Balaban J connectivity index is 1.16. The van der Waals surface area contributed by atoms with Crippen molar-refractivity contribution in [3.05, 3.63) is 105 Å². The van der Waals surface area contributed by atoms with Crippen LogP contribution in [-0.2, 0) is 27.0 Å². The number of nitrogens with two attached hydrogens (primary N) is 1. The number of thiophene rings is 4. The summed E-state index contributed by atoms with van der Waals surface area (Å²) in [6, 6.07) is 29.4. The quantitative estimate of drug-likeness (QED) is 0.0374. The fraction of sp³-hybridized carbons (Fsp3) is 0.514. The molecule has 6 nitrogen and oxygen atoms in total. The number of hydrogen-bond donors (Lipinski definition) is 1. The van der Waals surface area contributed by atoms with E-state index in [1.54, 1.807) is 22.7 Å². The maximum absolute atomic E-state index is 15.9. The zero-order valence-corrected chi connectivity index (χ0v) is 54.5. The number of rotatable bonds is 29. The van der Waals surface area contributed by atoms with Crippen LogP contribution in [0.2, 0.25) is 0 Å². The molecule has 0 saturated carbocycles. The van der Waals surface area contributed by atoms with Gasteiger partial charge in [-0.25, -0.2) is 0 Å². The smallest absolute Gasteiger partial charge is 0.259 e. The van der Waals surface area contributed by atoms with Gasteiger partial charge in [0.15, 0.2) is 0 Å². The number of amides is 2. The summed E-state index contributed by atoms with van der Waals surface area (Å²) in [6.45, 7) is 23.5. The molecule has 10 heteroatoms. The molecule has 436 valence electrons. The lowest BCUT2D eigenvalue weighted by molar-refractivity contribution is -0.114. The van der Waals surface area contributed by atoms with Crippen LogP contribution >= 0.6 is 45.3 Å². The number of nitriles is 1. The topological polar surface area (TPSA) is 90.4 Å². The molecule has 6 heterocycles. The van der Waals surface area contributed by atoms with Gasteiger partial charge >= 0.3 is 0 Å². The number of carbonyl (C=O) groups excluding carboxylic acids is 2. The number of aryl methyl sites for hydroxylation is 1. The van der Waals surface area contributed by atoms with Gasteiger partial charge in [0.05, 0.1) is 37.5 Å². The average Bonchev–Trinajstić information content (AvgIpc) is 4.52. The van der Waals surface area contributed by atoms with Gasteiger partial charge in [-0.1, -0.05) is 176 Å². The molecule has 9 rings (SSSR count). The second-order valence-corrected chi connectivity index (χ2v) is 29.8. The summed E-state index contributed by atoms with van der Waals surface area (Å²) in [7, 11) is 0. The molecule has 0 aliphatic carbocycles. The molecular weight excluding hydrogens is 1080 g/mol. The molecule has 0 saturated heterocycles. The van der Waals surface area contributed by atoms with Crippen LogP contribution in [0, 0.1) is 23.2 Å². The van der Waals surface area contributed by atoms with E-state index < -0.39 is 5.54 Å². The van der Waals surface area contributed by atoms with Crippen molar-refractivity contribution >= 4 is 99.9 Å². The van der Waals surface area contributed by atoms with E-state index in [2.05, 4.69) is 158 Å². The van der Waals surface area contributed by atoms with E-state index in [0.29, 0.717) is 36.1 Å². The normalized spacial score (nSPS) is 15.4. The number of anilines is 2. The van der Waals surface area contributed by atoms with Crippen molar-refractivity contribution in [3.8, 4) is 36.7 Å². The molecule has 0 radical (unpaired) electrons. The van der Waals surface area contributed by atoms with Gasteiger partial charge in [0.1, 0.15) is 6.07 Å². The standard InChI is InChI=1S/C72H92N4O2S4/c1-11-16-21-24-29-47(27-19-14-4)45-75-57-40-49(59-36-37-61(79-59)62-42-54-51(31-26-23-18-13-3)56(44-73)55-43-64(72(9,10)74)82-68(55)67(54)81-62)32-34-52(57)65(69(75)77)66-53-35-33-50(60-38-39-63(80-60)71(6,7)8)41-58(53)76(70(66)78)46-48(28-20-15-5)30-25-22-17-12-2/h32-43,47-48H,11-31,45-46,74H2,1-10H3. The second-order valence-electron chi connectivity index (χ2n) is 25.5. The molecule has 2 N–H and O–H groups in total. The van der Waals surface area contributed by atoms with Crippen molar-refractivity contribution < 1.29 is 9.59 Å². The lowest BCUT2D eigenvalue weighted by atomic mass is 9.94. The van der Waals surface area contributed by atoms with Gasteiger partial charge in [-0.05, 0) is 140 Å². The maximum Gasteiger partial charge on any atom is 0.259 e. The largest absolute Gasteiger partial charge is 0.321 e. The summed E-state index contributed by atoms with van der Waals surface area (Å²) in [4.78, 5) is 43.0. The van der Waals surface area contributed by atoms with E-state index in [-0.39, 0.29) is 17.2 Å². The van der Waals surface area contributed by atoms with Crippen LogP contribution in [-0.4, -0.2) is 24.9 Å². The molecule has 3 aromatic carbocycles. The molecule has 2 aliphatic rings. The number of hydrogen-bond acceptors (Lipinski definition) is 8. The molecule has 2 atom stereocenters. The fourth-order valence-electron chi connectivity index (χ4n) is 12.6. The third-order valence-electron chi connectivity index (χ3n) is 17.4. The number of fused-ring (bicyclic) bond motifs is 5. The summed E-state index contributed by atoms with van der Waals surface area (Å²) in [6.07, 6.45) is 23.9. The Labute approximate surface area is 508 Å². The van der Waals surface area contributed by atoms with E-state index in [4.69, 9.17) is 5.73 Å². The highest BCUT2D eigenvalue weighted by atomic mass is 32.1. The van der Waals surface area contributed by atoms with Gasteiger partial charge in [0, 0.05) is 64.4 Å². The van der Waals surface area contributed by atoms with Gasteiger partial charge in [-0.3, -0.25) is 9.59 Å². The minimum absolute atomic E-state index is 0.0359. The zero-order chi connectivity index (χ0) is 58.3. The Bertz CT molecular complexity index is 3430. The third kappa shape index (κ3) is 13.5.